The molecule has 0 radical (unpaired) electrons. The molecule has 22 heavy (non-hydrogen) atoms. The van der Waals surface area contributed by atoms with Crippen LogP contribution >= 0.6 is 28.3 Å². The maximum atomic E-state index is 12.5. The van der Waals surface area contributed by atoms with E-state index in [1.807, 2.05) is 0 Å². The number of ether oxygens (including phenoxy) is 1. The molecule has 2 rings (SSSR count). The highest BCUT2D eigenvalue weighted by molar-refractivity contribution is 9.10. The number of methoxy groups -OCH3 is 1. The minimum atomic E-state index is -3.60. The van der Waals surface area contributed by atoms with Crippen LogP contribution in [-0.2, 0) is 10.0 Å². The third-order valence-electron chi connectivity index (χ3n) is 3.92. The van der Waals surface area contributed by atoms with Crippen LogP contribution in [0.2, 0.25) is 0 Å². The molecule has 8 heteroatoms. The Morgan fingerprint density at radius 3 is 2.55 bits per heavy atom. The van der Waals surface area contributed by atoms with E-state index in [1.54, 1.807) is 12.1 Å². The van der Waals surface area contributed by atoms with Gasteiger partial charge in [-0.25, -0.2) is 13.1 Å². The molecule has 0 saturated heterocycles. The Morgan fingerprint density at radius 2 is 2.00 bits per heavy atom. The van der Waals surface area contributed by atoms with E-state index in [0.717, 1.165) is 25.7 Å². The standard InChI is InChI=1S/C14H21BrN2O3S.ClH/c1-20-12-6-11(15)7-13(8-12)21(18,19)17-14(9-16)10-4-2-3-5-10;/h6-8,10,14,17H,2-5,9,16H2,1H3;1H. The summed E-state index contributed by atoms with van der Waals surface area (Å²) in [4.78, 5) is 0.185. The molecular formula is C14H22BrClN2O3S. The molecule has 1 saturated carbocycles. The molecule has 1 atom stereocenters. The van der Waals surface area contributed by atoms with E-state index >= 15 is 0 Å². The number of halogens is 2. The van der Waals surface area contributed by atoms with Crippen LogP contribution in [0.3, 0.4) is 0 Å². The number of nitrogens with two attached hydrogens (primary N) is 1. The molecule has 0 amide bonds. The van der Waals surface area contributed by atoms with Crippen molar-refractivity contribution in [2.75, 3.05) is 13.7 Å². The highest BCUT2D eigenvalue weighted by Crippen LogP contribution is 2.29. The summed E-state index contributed by atoms with van der Waals surface area (Å²) in [5.41, 5.74) is 5.76. The first kappa shape index (κ1) is 19.7. The van der Waals surface area contributed by atoms with Crippen LogP contribution < -0.4 is 15.2 Å². The lowest BCUT2D eigenvalue weighted by Gasteiger charge is -2.23. The van der Waals surface area contributed by atoms with Crippen LogP contribution in [0.4, 0.5) is 0 Å². The maximum absolute atomic E-state index is 12.5. The number of sulfonamides is 1. The van der Waals surface area contributed by atoms with Gasteiger partial charge in [0.25, 0.3) is 0 Å². The highest BCUT2D eigenvalue weighted by atomic mass is 79.9. The molecule has 0 spiro atoms. The van der Waals surface area contributed by atoms with Crippen LogP contribution in [-0.4, -0.2) is 28.1 Å². The summed E-state index contributed by atoms with van der Waals surface area (Å²) >= 11 is 3.30. The van der Waals surface area contributed by atoms with Gasteiger partial charge in [0.05, 0.1) is 12.0 Å². The van der Waals surface area contributed by atoms with E-state index in [0.29, 0.717) is 22.7 Å². The third kappa shape index (κ3) is 4.83. The fourth-order valence-electron chi connectivity index (χ4n) is 2.77. The largest absolute Gasteiger partial charge is 0.497 e. The zero-order chi connectivity index (χ0) is 15.5. The minimum absolute atomic E-state index is 0. The number of hydrogen-bond donors (Lipinski definition) is 2. The lowest BCUT2D eigenvalue weighted by Crippen LogP contribution is -2.44. The van der Waals surface area contributed by atoms with Gasteiger partial charge < -0.3 is 10.5 Å². The van der Waals surface area contributed by atoms with Gasteiger partial charge in [0.2, 0.25) is 10.0 Å². The third-order valence-corrected chi connectivity index (χ3v) is 5.85. The second kappa shape index (κ2) is 8.49. The summed E-state index contributed by atoms with van der Waals surface area (Å²) in [6, 6.07) is 4.58. The summed E-state index contributed by atoms with van der Waals surface area (Å²) in [5, 5.41) is 0. The molecule has 0 aromatic heterocycles. The van der Waals surface area contributed by atoms with Crippen molar-refractivity contribution in [1.29, 1.82) is 0 Å². The first-order valence-corrected chi connectivity index (χ1v) is 9.31. The van der Waals surface area contributed by atoms with E-state index in [4.69, 9.17) is 10.5 Å². The second-order valence-corrected chi connectivity index (χ2v) is 7.96. The van der Waals surface area contributed by atoms with E-state index in [9.17, 15) is 8.42 Å². The van der Waals surface area contributed by atoms with Crippen molar-refractivity contribution in [3.8, 4) is 5.75 Å². The van der Waals surface area contributed by atoms with Crippen LogP contribution in [0.15, 0.2) is 27.6 Å². The first-order valence-electron chi connectivity index (χ1n) is 7.03. The number of benzene rings is 1. The molecule has 1 aromatic carbocycles. The minimum Gasteiger partial charge on any atom is -0.497 e. The van der Waals surface area contributed by atoms with Crippen molar-refractivity contribution in [2.24, 2.45) is 11.7 Å². The lowest BCUT2D eigenvalue weighted by atomic mass is 9.99. The van der Waals surface area contributed by atoms with Gasteiger partial charge in [-0.3, -0.25) is 0 Å². The summed E-state index contributed by atoms with van der Waals surface area (Å²) in [6.07, 6.45) is 4.36. The molecule has 0 aliphatic heterocycles. The average Bonchev–Trinajstić information content (AvgIpc) is 2.98. The summed E-state index contributed by atoms with van der Waals surface area (Å²) < 4.78 is 33.6. The predicted molar refractivity (Wildman–Crippen MR) is 93.1 cm³/mol. The highest BCUT2D eigenvalue weighted by Gasteiger charge is 2.28. The van der Waals surface area contributed by atoms with Gasteiger partial charge in [-0.15, -0.1) is 12.4 Å². The monoisotopic (exact) mass is 412 g/mol. The van der Waals surface area contributed by atoms with Gasteiger partial charge in [0.15, 0.2) is 0 Å². The van der Waals surface area contributed by atoms with E-state index in [2.05, 4.69) is 20.7 Å². The average molecular weight is 414 g/mol. The smallest absolute Gasteiger partial charge is 0.241 e. The van der Waals surface area contributed by atoms with Gasteiger partial charge in [0, 0.05) is 23.1 Å². The lowest BCUT2D eigenvalue weighted by molar-refractivity contribution is 0.404. The Balaban J connectivity index is 0.00000242. The number of rotatable bonds is 6. The number of nitrogens with one attached hydrogen (secondary N) is 1. The van der Waals surface area contributed by atoms with Crippen LogP contribution in [0, 0.1) is 5.92 Å². The topological polar surface area (TPSA) is 81.4 Å². The Labute approximate surface area is 146 Å². The summed E-state index contributed by atoms with van der Waals surface area (Å²) in [6.45, 7) is 0.315. The molecule has 126 valence electrons. The van der Waals surface area contributed by atoms with Gasteiger partial charge in [-0.2, -0.15) is 0 Å². The van der Waals surface area contributed by atoms with Crippen LogP contribution in [0.1, 0.15) is 25.7 Å². The van der Waals surface area contributed by atoms with E-state index in [-0.39, 0.29) is 23.3 Å². The Bertz CT molecular complexity index is 592. The molecular weight excluding hydrogens is 392 g/mol. The molecule has 1 fully saturated rings. The molecule has 0 heterocycles. The van der Waals surface area contributed by atoms with Gasteiger partial charge in [-0.05, 0) is 30.9 Å². The molecule has 3 N–H and O–H groups in total. The predicted octanol–water partition coefficient (Wildman–Crippen LogP) is 2.68. The SMILES string of the molecule is COc1cc(Br)cc(S(=O)(=O)NC(CN)C2CCCC2)c1.Cl. The van der Waals surface area contributed by atoms with Crippen molar-refractivity contribution in [3.05, 3.63) is 22.7 Å². The molecule has 1 aliphatic rings. The molecule has 1 aliphatic carbocycles. The zero-order valence-electron chi connectivity index (χ0n) is 12.4. The summed E-state index contributed by atoms with van der Waals surface area (Å²) in [5.74, 6) is 0.828. The van der Waals surface area contributed by atoms with Gasteiger partial charge >= 0.3 is 0 Å². The Kier molecular flexibility index (Phi) is 7.61. The maximum Gasteiger partial charge on any atom is 0.241 e. The fourth-order valence-corrected chi connectivity index (χ4v) is 4.77. The fraction of sp³-hybridized carbons (Fsp3) is 0.571. The van der Waals surface area contributed by atoms with Crippen molar-refractivity contribution >= 4 is 38.4 Å². The van der Waals surface area contributed by atoms with Crippen molar-refractivity contribution in [2.45, 2.75) is 36.6 Å². The number of hydrogen-bond acceptors (Lipinski definition) is 4. The van der Waals surface area contributed by atoms with Gasteiger partial charge in [0.1, 0.15) is 5.75 Å². The molecule has 0 bridgehead atoms. The van der Waals surface area contributed by atoms with Crippen LogP contribution in [0.5, 0.6) is 5.75 Å². The second-order valence-electron chi connectivity index (χ2n) is 5.33. The quantitative estimate of drug-likeness (QED) is 0.751. The molecule has 1 aromatic rings. The van der Waals surface area contributed by atoms with E-state index in [1.165, 1.54) is 13.2 Å². The molecule has 1 unspecified atom stereocenters. The molecule has 5 nitrogen and oxygen atoms in total. The van der Waals surface area contributed by atoms with Crippen LogP contribution in [0.25, 0.3) is 0 Å². The summed E-state index contributed by atoms with van der Waals surface area (Å²) in [7, 11) is -2.10. The van der Waals surface area contributed by atoms with Crippen molar-refractivity contribution in [1.82, 2.24) is 4.72 Å². The Hall–Kier alpha value is -0.340. The normalized spacial score (nSPS) is 17.0. The zero-order valence-corrected chi connectivity index (χ0v) is 15.6. The van der Waals surface area contributed by atoms with Crippen molar-refractivity contribution < 1.29 is 13.2 Å². The van der Waals surface area contributed by atoms with E-state index < -0.39 is 10.0 Å². The van der Waals surface area contributed by atoms with Crippen molar-refractivity contribution in [3.63, 3.8) is 0 Å². The Morgan fingerprint density at radius 1 is 1.36 bits per heavy atom. The van der Waals surface area contributed by atoms with Gasteiger partial charge in [-0.1, -0.05) is 28.8 Å². The first-order chi connectivity index (χ1) is 9.96.